The molecule has 0 unspecified atom stereocenters. The highest BCUT2D eigenvalue weighted by Gasteiger charge is 2.06. The molecule has 2 aromatic rings. The van der Waals surface area contributed by atoms with Crippen molar-refractivity contribution in [1.29, 1.82) is 0 Å². The lowest BCUT2D eigenvalue weighted by molar-refractivity contribution is 0.196. The van der Waals surface area contributed by atoms with Crippen molar-refractivity contribution in [3.63, 3.8) is 0 Å². The van der Waals surface area contributed by atoms with Gasteiger partial charge < -0.3 is 19.9 Å². The summed E-state index contributed by atoms with van der Waals surface area (Å²) in [6.45, 7) is 3.13. The highest BCUT2D eigenvalue weighted by molar-refractivity contribution is 7.10. The predicted octanol–water partition coefficient (Wildman–Crippen LogP) is 3.05. The summed E-state index contributed by atoms with van der Waals surface area (Å²) in [5.74, 6) is 1.30. The Bertz CT molecular complexity index is 554. The maximum Gasteiger partial charge on any atom is 0.163 e. The second kappa shape index (κ2) is 7.17. The Kier molecular flexibility index (Phi) is 5.26. The summed E-state index contributed by atoms with van der Waals surface area (Å²) < 4.78 is 10.7. The number of anilines is 1. The molecule has 0 radical (unpaired) electrons. The van der Waals surface area contributed by atoms with Gasteiger partial charge in [0.1, 0.15) is 6.61 Å². The fourth-order valence-electron chi connectivity index (χ4n) is 1.82. The van der Waals surface area contributed by atoms with Crippen LogP contribution in [0.2, 0.25) is 0 Å². The number of nitrogens with one attached hydrogen (secondary N) is 1. The van der Waals surface area contributed by atoms with Gasteiger partial charge in [0.05, 0.1) is 13.7 Å². The van der Waals surface area contributed by atoms with Gasteiger partial charge in [0.15, 0.2) is 11.5 Å². The maximum atomic E-state index is 8.84. The van der Waals surface area contributed by atoms with Crippen LogP contribution in [0.3, 0.4) is 0 Å². The molecule has 2 N–H and O–H groups in total. The van der Waals surface area contributed by atoms with Crippen LogP contribution in [0.15, 0.2) is 29.6 Å². The zero-order chi connectivity index (χ0) is 14.4. The van der Waals surface area contributed by atoms with Gasteiger partial charge in [-0.2, -0.15) is 0 Å². The average Bonchev–Trinajstić information content (AvgIpc) is 2.88. The number of thiophene rings is 1. The number of ether oxygens (including phenoxy) is 2. The van der Waals surface area contributed by atoms with Crippen LogP contribution in [0.4, 0.5) is 5.69 Å². The Balaban J connectivity index is 2.06. The van der Waals surface area contributed by atoms with Crippen molar-refractivity contribution in [2.24, 2.45) is 0 Å². The maximum absolute atomic E-state index is 8.84. The first-order valence-electron chi connectivity index (χ1n) is 6.43. The van der Waals surface area contributed by atoms with Gasteiger partial charge in [0, 0.05) is 23.2 Å². The predicted molar refractivity (Wildman–Crippen MR) is 82.0 cm³/mol. The van der Waals surface area contributed by atoms with Crippen LogP contribution in [0.5, 0.6) is 11.5 Å². The van der Waals surface area contributed by atoms with E-state index in [1.54, 1.807) is 18.4 Å². The number of benzene rings is 1. The third kappa shape index (κ3) is 3.65. The minimum absolute atomic E-state index is 0.0187. The molecule has 0 amide bonds. The van der Waals surface area contributed by atoms with Crippen molar-refractivity contribution in [3.05, 3.63) is 40.1 Å². The minimum atomic E-state index is -0.0187. The largest absolute Gasteiger partial charge is 0.493 e. The number of rotatable bonds is 7. The van der Waals surface area contributed by atoms with Crippen LogP contribution in [-0.2, 0) is 6.54 Å². The Morgan fingerprint density at radius 1 is 1.25 bits per heavy atom. The SMILES string of the molecule is COc1ccc(NCc2sccc2C)cc1OCCO. The highest BCUT2D eigenvalue weighted by Crippen LogP contribution is 2.30. The Hall–Kier alpha value is -1.72. The summed E-state index contributed by atoms with van der Waals surface area (Å²) in [4.78, 5) is 1.32. The molecule has 5 heteroatoms. The van der Waals surface area contributed by atoms with Gasteiger partial charge >= 0.3 is 0 Å². The quantitative estimate of drug-likeness (QED) is 0.824. The van der Waals surface area contributed by atoms with E-state index >= 15 is 0 Å². The Morgan fingerprint density at radius 3 is 2.75 bits per heavy atom. The summed E-state index contributed by atoms with van der Waals surface area (Å²) in [5.41, 5.74) is 2.26. The van der Waals surface area contributed by atoms with E-state index in [0.717, 1.165) is 12.2 Å². The fourth-order valence-corrected chi connectivity index (χ4v) is 2.67. The van der Waals surface area contributed by atoms with Gasteiger partial charge in [0.25, 0.3) is 0 Å². The van der Waals surface area contributed by atoms with Crippen molar-refractivity contribution < 1.29 is 14.6 Å². The highest BCUT2D eigenvalue weighted by atomic mass is 32.1. The summed E-state index contributed by atoms with van der Waals surface area (Å²) in [6.07, 6.45) is 0. The number of aliphatic hydroxyl groups excluding tert-OH is 1. The van der Waals surface area contributed by atoms with Crippen LogP contribution < -0.4 is 14.8 Å². The van der Waals surface area contributed by atoms with Crippen LogP contribution in [0.25, 0.3) is 0 Å². The summed E-state index contributed by atoms with van der Waals surface area (Å²) in [6, 6.07) is 7.81. The summed E-state index contributed by atoms with van der Waals surface area (Å²) in [5, 5.41) is 14.3. The fraction of sp³-hybridized carbons (Fsp3) is 0.333. The van der Waals surface area contributed by atoms with Crippen molar-refractivity contribution in [3.8, 4) is 11.5 Å². The molecular formula is C15H19NO3S. The Morgan fingerprint density at radius 2 is 2.10 bits per heavy atom. The number of hydrogen-bond donors (Lipinski definition) is 2. The normalized spacial score (nSPS) is 10.3. The number of methoxy groups -OCH3 is 1. The molecule has 0 saturated carbocycles. The number of aliphatic hydroxyl groups is 1. The zero-order valence-corrected chi connectivity index (χ0v) is 12.5. The van der Waals surface area contributed by atoms with Gasteiger partial charge in [-0.3, -0.25) is 0 Å². The van der Waals surface area contributed by atoms with E-state index in [-0.39, 0.29) is 13.2 Å². The van der Waals surface area contributed by atoms with E-state index in [9.17, 15) is 0 Å². The smallest absolute Gasteiger partial charge is 0.163 e. The van der Waals surface area contributed by atoms with Crippen molar-refractivity contribution in [1.82, 2.24) is 0 Å². The molecule has 1 aromatic carbocycles. The monoisotopic (exact) mass is 293 g/mol. The standard InChI is InChI=1S/C15H19NO3S/c1-11-5-8-20-15(11)10-16-12-3-4-13(18-2)14(9-12)19-7-6-17/h3-5,8-9,16-17H,6-7,10H2,1-2H3. The molecule has 0 spiro atoms. The molecule has 2 rings (SSSR count). The van der Waals surface area contributed by atoms with Gasteiger partial charge in [-0.25, -0.2) is 0 Å². The van der Waals surface area contributed by atoms with E-state index in [1.807, 2.05) is 18.2 Å². The molecule has 4 nitrogen and oxygen atoms in total. The second-order valence-electron chi connectivity index (χ2n) is 4.32. The molecule has 0 saturated heterocycles. The number of hydrogen-bond acceptors (Lipinski definition) is 5. The number of aryl methyl sites for hydroxylation is 1. The lowest BCUT2D eigenvalue weighted by Crippen LogP contribution is -2.04. The molecule has 0 atom stereocenters. The van der Waals surface area contributed by atoms with Gasteiger partial charge in [-0.1, -0.05) is 0 Å². The lowest BCUT2D eigenvalue weighted by Gasteiger charge is -2.12. The first-order valence-corrected chi connectivity index (χ1v) is 7.31. The minimum Gasteiger partial charge on any atom is -0.493 e. The lowest BCUT2D eigenvalue weighted by atomic mass is 10.2. The van der Waals surface area contributed by atoms with Crippen LogP contribution >= 0.6 is 11.3 Å². The van der Waals surface area contributed by atoms with E-state index in [4.69, 9.17) is 14.6 Å². The van der Waals surface area contributed by atoms with Gasteiger partial charge in [-0.05, 0) is 36.1 Å². The van der Waals surface area contributed by atoms with Gasteiger partial charge in [-0.15, -0.1) is 11.3 Å². The van der Waals surface area contributed by atoms with Crippen LogP contribution in [0.1, 0.15) is 10.4 Å². The summed E-state index contributed by atoms with van der Waals surface area (Å²) >= 11 is 1.74. The molecule has 0 aliphatic carbocycles. The molecule has 0 bridgehead atoms. The molecule has 0 fully saturated rings. The molecule has 0 aliphatic heterocycles. The van der Waals surface area contributed by atoms with Gasteiger partial charge in [0.2, 0.25) is 0 Å². The van der Waals surface area contributed by atoms with E-state index in [1.165, 1.54) is 10.4 Å². The first kappa shape index (κ1) is 14.7. The zero-order valence-electron chi connectivity index (χ0n) is 11.7. The molecule has 1 aromatic heterocycles. The molecular weight excluding hydrogens is 274 g/mol. The molecule has 20 heavy (non-hydrogen) atoms. The van der Waals surface area contributed by atoms with Crippen LogP contribution in [0, 0.1) is 6.92 Å². The van der Waals surface area contributed by atoms with E-state index < -0.39 is 0 Å². The molecule has 0 aliphatic rings. The summed E-state index contributed by atoms with van der Waals surface area (Å²) in [7, 11) is 1.60. The van der Waals surface area contributed by atoms with Crippen LogP contribution in [-0.4, -0.2) is 25.4 Å². The third-order valence-corrected chi connectivity index (χ3v) is 3.96. The van der Waals surface area contributed by atoms with Crippen molar-refractivity contribution in [2.45, 2.75) is 13.5 Å². The average molecular weight is 293 g/mol. The third-order valence-electron chi connectivity index (χ3n) is 2.93. The van der Waals surface area contributed by atoms with Crippen molar-refractivity contribution in [2.75, 3.05) is 25.6 Å². The van der Waals surface area contributed by atoms with Crippen molar-refractivity contribution >= 4 is 17.0 Å². The Labute approximate surface area is 123 Å². The van der Waals surface area contributed by atoms with E-state index in [0.29, 0.717) is 11.5 Å². The first-order chi connectivity index (χ1) is 9.74. The second-order valence-corrected chi connectivity index (χ2v) is 5.32. The topological polar surface area (TPSA) is 50.7 Å². The molecule has 108 valence electrons. The van der Waals surface area contributed by atoms with E-state index in [2.05, 4.69) is 23.7 Å². The molecule has 1 heterocycles.